The van der Waals surface area contributed by atoms with Crippen LogP contribution < -0.4 is 5.32 Å². The van der Waals surface area contributed by atoms with Gasteiger partial charge in [0, 0.05) is 19.0 Å². The number of piperidine rings is 2. The minimum Gasteiger partial charge on any atom is -0.339 e. The maximum Gasteiger partial charge on any atom is 0.222 e. The van der Waals surface area contributed by atoms with Gasteiger partial charge in [0.1, 0.15) is 0 Å². The molecule has 0 aromatic heterocycles. The summed E-state index contributed by atoms with van der Waals surface area (Å²) in [5.74, 6) is 2.06. The van der Waals surface area contributed by atoms with E-state index in [-0.39, 0.29) is 0 Å². The number of hydrogen-bond acceptors (Lipinski definition) is 2. The molecule has 3 rings (SSSR count). The average molecular weight is 278 g/mol. The van der Waals surface area contributed by atoms with Gasteiger partial charge >= 0.3 is 0 Å². The van der Waals surface area contributed by atoms with Crippen LogP contribution >= 0.6 is 0 Å². The normalized spacial score (nSPS) is 31.9. The molecule has 20 heavy (non-hydrogen) atoms. The summed E-state index contributed by atoms with van der Waals surface area (Å²) in [5, 5.41) is 3.41. The number of carbonyl (C=O) groups is 1. The van der Waals surface area contributed by atoms with E-state index in [1.54, 1.807) is 0 Å². The Morgan fingerprint density at radius 2 is 1.75 bits per heavy atom. The van der Waals surface area contributed by atoms with Crippen LogP contribution in [0.25, 0.3) is 0 Å². The summed E-state index contributed by atoms with van der Waals surface area (Å²) in [6, 6.07) is 0.595. The van der Waals surface area contributed by atoms with Crippen molar-refractivity contribution in [3.05, 3.63) is 0 Å². The van der Waals surface area contributed by atoms with Gasteiger partial charge in [-0.25, -0.2) is 0 Å². The van der Waals surface area contributed by atoms with E-state index < -0.39 is 0 Å². The van der Waals surface area contributed by atoms with E-state index in [2.05, 4.69) is 10.2 Å². The number of amides is 1. The molecule has 0 unspecified atom stereocenters. The Labute approximate surface area is 123 Å². The lowest BCUT2D eigenvalue weighted by Gasteiger charge is -2.44. The van der Waals surface area contributed by atoms with Gasteiger partial charge in [-0.15, -0.1) is 0 Å². The summed E-state index contributed by atoms with van der Waals surface area (Å²) in [6.45, 7) is 3.33. The third-order valence-electron chi connectivity index (χ3n) is 5.79. The van der Waals surface area contributed by atoms with Gasteiger partial charge in [0.15, 0.2) is 0 Å². The van der Waals surface area contributed by atoms with E-state index >= 15 is 0 Å². The SMILES string of the molecule is O=C(CCC1CCNCC1)N1CCC[C@H]2CCCC[C@H]21. The molecule has 1 amide bonds. The maximum absolute atomic E-state index is 12.6. The standard InChI is InChI=1S/C17H30N2O/c20-17(8-7-14-9-11-18-12-10-14)19-13-3-5-15-4-1-2-6-16(15)19/h14-16,18H,1-13H2/t15-,16-/m1/s1. The Balaban J connectivity index is 1.50. The maximum atomic E-state index is 12.6. The quantitative estimate of drug-likeness (QED) is 0.861. The van der Waals surface area contributed by atoms with Gasteiger partial charge in [-0.2, -0.15) is 0 Å². The number of likely N-dealkylation sites (tertiary alicyclic amines) is 1. The average Bonchev–Trinajstić information content (AvgIpc) is 2.53. The fourth-order valence-electron chi connectivity index (χ4n) is 4.58. The Hall–Kier alpha value is -0.570. The smallest absolute Gasteiger partial charge is 0.222 e. The van der Waals surface area contributed by atoms with Crippen molar-refractivity contribution in [1.29, 1.82) is 0 Å². The Bertz CT molecular complexity index is 323. The molecule has 1 N–H and O–H groups in total. The van der Waals surface area contributed by atoms with Crippen molar-refractivity contribution in [3.63, 3.8) is 0 Å². The van der Waals surface area contributed by atoms with E-state index in [4.69, 9.17) is 0 Å². The van der Waals surface area contributed by atoms with E-state index in [0.29, 0.717) is 11.9 Å². The van der Waals surface area contributed by atoms with Crippen molar-refractivity contribution in [1.82, 2.24) is 10.2 Å². The molecule has 0 bridgehead atoms. The highest BCUT2D eigenvalue weighted by molar-refractivity contribution is 5.76. The lowest BCUT2D eigenvalue weighted by Crippen LogP contribution is -2.49. The van der Waals surface area contributed by atoms with Crippen LogP contribution in [0.1, 0.15) is 64.2 Å². The Morgan fingerprint density at radius 1 is 1.00 bits per heavy atom. The minimum absolute atomic E-state index is 0.458. The topological polar surface area (TPSA) is 32.3 Å². The van der Waals surface area contributed by atoms with Crippen LogP contribution in [0, 0.1) is 11.8 Å². The largest absolute Gasteiger partial charge is 0.339 e. The lowest BCUT2D eigenvalue weighted by atomic mass is 9.78. The van der Waals surface area contributed by atoms with Gasteiger partial charge in [0.2, 0.25) is 5.91 Å². The van der Waals surface area contributed by atoms with Gasteiger partial charge in [0.25, 0.3) is 0 Å². The van der Waals surface area contributed by atoms with Crippen LogP contribution in [0.3, 0.4) is 0 Å². The highest BCUT2D eigenvalue weighted by atomic mass is 16.2. The second-order valence-corrected chi connectivity index (χ2v) is 7.07. The first kappa shape index (κ1) is 14.4. The first-order valence-corrected chi connectivity index (χ1v) is 8.85. The van der Waals surface area contributed by atoms with Crippen molar-refractivity contribution >= 4 is 5.91 Å². The number of fused-ring (bicyclic) bond motifs is 1. The molecule has 3 fully saturated rings. The molecule has 3 nitrogen and oxygen atoms in total. The predicted molar refractivity (Wildman–Crippen MR) is 81.5 cm³/mol. The molecule has 2 heterocycles. The monoisotopic (exact) mass is 278 g/mol. The van der Waals surface area contributed by atoms with Crippen LogP contribution in [0.2, 0.25) is 0 Å². The van der Waals surface area contributed by atoms with E-state index in [1.807, 2.05) is 0 Å². The van der Waals surface area contributed by atoms with Crippen molar-refractivity contribution < 1.29 is 4.79 Å². The molecule has 114 valence electrons. The van der Waals surface area contributed by atoms with E-state index in [1.165, 1.54) is 51.4 Å². The molecule has 2 atom stereocenters. The van der Waals surface area contributed by atoms with Crippen LogP contribution in [-0.4, -0.2) is 36.5 Å². The van der Waals surface area contributed by atoms with Crippen molar-refractivity contribution in [2.75, 3.05) is 19.6 Å². The number of carbonyl (C=O) groups excluding carboxylic acids is 1. The molecule has 3 heteroatoms. The van der Waals surface area contributed by atoms with E-state index in [9.17, 15) is 4.79 Å². The summed E-state index contributed by atoms with van der Waals surface area (Å²) in [4.78, 5) is 14.9. The molecular weight excluding hydrogens is 248 g/mol. The minimum atomic E-state index is 0.458. The van der Waals surface area contributed by atoms with Crippen LogP contribution in [0.15, 0.2) is 0 Å². The zero-order valence-electron chi connectivity index (χ0n) is 12.8. The number of nitrogens with one attached hydrogen (secondary N) is 1. The third-order valence-corrected chi connectivity index (χ3v) is 5.79. The molecule has 1 aliphatic carbocycles. The van der Waals surface area contributed by atoms with Crippen LogP contribution in [-0.2, 0) is 4.79 Å². The van der Waals surface area contributed by atoms with Crippen LogP contribution in [0.5, 0.6) is 0 Å². The highest BCUT2D eigenvalue weighted by Gasteiger charge is 2.35. The van der Waals surface area contributed by atoms with Crippen molar-refractivity contribution in [3.8, 4) is 0 Å². The summed E-state index contributed by atoms with van der Waals surface area (Å²) < 4.78 is 0. The summed E-state index contributed by atoms with van der Waals surface area (Å²) in [6.07, 6.45) is 12.4. The second kappa shape index (κ2) is 6.93. The zero-order valence-corrected chi connectivity index (χ0v) is 12.8. The predicted octanol–water partition coefficient (Wildman–Crippen LogP) is 2.95. The molecule has 1 saturated carbocycles. The third kappa shape index (κ3) is 3.36. The summed E-state index contributed by atoms with van der Waals surface area (Å²) in [7, 11) is 0. The van der Waals surface area contributed by atoms with Gasteiger partial charge in [-0.05, 0) is 69.9 Å². The molecule has 2 saturated heterocycles. The van der Waals surface area contributed by atoms with Gasteiger partial charge in [-0.1, -0.05) is 12.8 Å². The number of rotatable bonds is 3. The Morgan fingerprint density at radius 3 is 2.60 bits per heavy atom. The second-order valence-electron chi connectivity index (χ2n) is 7.07. The van der Waals surface area contributed by atoms with Gasteiger partial charge < -0.3 is 10.2 Å². The van der Waals surface area contributed by atoms with Gasteiger partial charge in [0.05, 0.1) is 0 Å². The van der Waals surface area contributed by atoms with E-state index in [0.717, 1.165) is 44.3 Å². The van der Waals surface area contributed by atoms with Crippen LogP contribution in [0.4, 0.5) is 0 Å². The molecule has 2 aliphatic heterocycles. The first-order valence-electron chi connectivity index (χ1n) is 8.85. The first-order chi connectivity index (χ1) is 9.84. The number of hydrogen-bond donors (Lipinski definition) is 1. The molecule has 3 aliphatic rings. The Kier molecular flexibility index (Phi) is 4.98. The molecule has 0 aromatic carbocycles. The fraction of sp³-hybridized carbons (Fsp3) is 0.941. The fourth-order valence-corrected chi connectivity index (χ4v) is 4.58. The zero-order chi connectivity index (χ0) is 13.8. The highest BCUT2D eigenvalue weighted by Crippen LogP contribution is 2.35. The number of nitrogens with zero attached hydrogens (tertiary/aromatic N) is 1. The molecular formula is C17H30N2O. The lowest BCUT2D eigenvalue weighted by molar-refractivity contribution is -0.137. The van der Waals surface area contributed by atoms with Gasteiger partial charge in [-0.3, -0.25) is 4.79 Å². The molecule has 0 aromatic rings. The van der Waals surface area contributed by atoms with Crippen molar-refractivity contribution in [2.45, 2.75) is 70.3 Å². The van der Waals surface area contributed by atoms with Crippen molar-refractivity contribution in [2.24, 2.45) is 11.8 Å². The summed E-state index contributed by atoms with van der Waals surface area (Å²) >= 11 is 0. The summed E-state index contributed by atoms with van der Waals surface area (Å²) in [5.41, 5.74) is 0. The molecule has 0 spiro atoms. The molecule has 0 radical (unpaired) electrons.